The van der Waals surface area contributed by atoms with Crippen molar-refractivity contribution in [1.82, 2.24) is 19.7 Å². The highest BCUT2D eigenvalue weighted by atomic mass is 19.4. The Labute approximate surface area is 249 Å². The van der Waals surface area contributed by atoms with Gasteiger partial charge in [0.25, 0.3) is 5.91 Å². The first-order valence-electron chi connectivity index (χ1n) is 14.8. The number of carbonyl (C=O) groups is 1. The van der Waals surface area contributed by atoms with Crippen molar-refractivity contribution in [3.63, 3.8) is 0 Å². The van der Waals surface area contributed by atoms with E-state index >= 15 is 4.39 Å². The number of nitrogens with zero attached hydrogens (tertiary/aromatic N) is 5. The Kier molecular flexibility index (Phi) is 8.33. The Balaban J connectivity index is 1.01. The molecule has 0 saturated carbocycles. The van der Waals surface area contributed by atoms with Crippen LogP contribution in [0.1, 0.15) is 52.3 Å². The molecule has 3 aliphatic rings. The van der Waals surface area contributed by atoms with Gasteiger partial charge in [-0.1, -0.05) is 24.3 Å². The van der Waals surface area contributed by atoms with Gasteiger partial charge in [-0.15, -0.1) is 0 Å². The van der Waals surface area contributed by atoms with Gasteiger partial charge in [0.2, 0.25) is 0 Å². The minimum Gasteiger partial charge on any atom is -0.335 e. The summed E-state index contributed by atoms with van der Waals surface area (Å²) >= 11 is 0. The average molecular weight is 594 g/mol. The first-order chi connectivity index (χ1) is 20.6. The van der Waals surface area contributed by atoms with E-state index < -0.39 is 11.7 Å². The lowest BCUT2D eigenvalue weighted by Crippen LogP contribution is -2.50. The van der Waals surface area contributed by atoms with Crippen LogP contribution in [0.4, 0.5) is 23.2 Å². The van der Waals surface area contributed by atoms with E-state index in [-0.39, 0.29) is 23.3 Å². The first-order valence-corrected chi connectivity index (χ1v) is 14.8. The molecule has 0 aliphatic carbocycles. The van der Waals surface area contributed by atoms with Gasteiger partial charge in [-0.25, -0.2) is 9.38 Å². The fourth-order valence-corrected chi connectivity index (χ4v) is 6.28. The molecule has 10 heteroatoms. The molecule has 0 unspecified atom stereocenters. The molecule has 0 bridgehead atoms. The number of hydrogen-bond donors (Lipinski definition) is 0. The van der Waals surface area contributed by atoms with Crippen molar-refractivity contribution in [3.8, 4) is 0 Å². The van der Waals surface area contributed by atoms with Crippen molar-refractivity contribution in [2.75, 3.05) is 39.3 Å². The summed E-state index contributed by atoms with van der Waals surface area (Å²) in [5.41, 5.74) is 4.73. The molecule has 0 radical (unpaired) electrons. The lowest BCUT2D eigenvalue weighted by Gasteiger charge is -2.34. The third kappa shape index (κ3) is 6.80. The Hall–Kier alpha value is -3.63. The molecule has 3 aromatic rings. The number of carbonyl (C=O) groups excluding carboxylic acids is 1. The van der Waals surface area contributed by atoms with Crippen molar-refractivity contribution in [2.45, 2.75) is 51.4 Å². The molecule has 1 amide bonds. The van der Waals surface area contributed by atoms with Gasteiger partial charge in [-0.05, 0) is 85.3 Å². The standard InChI is InChI=1S/C33H35F4N5O/c1-22-2-3-24(19-38-22)21-40-10-8-25(9-11-40)26-16-27-18-30(39-31(27)29(34)17-26)32(43)42-14-12-41(13-15-42)20-23-4-6-28(7-5-23)33(35,36)37/h2-7,16-17,19,25H,8-15,18,20-21H2,1H3. The highest BCUT2D eigenvalue weighted by Gasteiger charge is 2.32. The Bertz CT molecular complexity index is 1490. The maximum Gasteiger partial charge on any atom is 0.416 e. The zero-order valence-corrected chi connectivity index (χ0v) is 24.2. The van der Waals surface area contributed by atoms with Crippen LogP contribution >= 0.6 is 0 Å². The number of hydrogen-bond acceptors (Lipinski definition) is 5. The van der Waals surface area contributed by atoms with Gasteiger partial charge >= 0.3 is 6.18 Å². The third-order valence-corrected chi connectivity index (χ3v) is 8.80. The maximum absolute atomic E-state index is 15.2. The van der Waals surface area contributed by atoms with Crippen LogP contribution in [0, 0.1) is 12.7 Å². The highest BCUT2D eigenvalue weighted by Crippen LogP contribution is 2.37. The van der Waals surface area contributed by atoms with Crippen LogP contribution in [0.25, 0.3) is 0 Å². The van der Waals surface area contributed by atoms with Crippen LogP contribution in [0.2, 0.25) is 0 Å². The van der Waals surface area contributed by atoms with Gasteiger partial charge in [0.15, 0.2) is 0 Å². The van der Waals surface area contributed by atoms with E-state index in [9.17, 15) is 18.0 Å². The second kappa shape index (κ2) is 12.2. The topological polar surface area (TPSA) is 52.0 Å². The van der Waals surface area contributed by atoms with E-state index in [1.165, 1.54) is 17.7 Å². The SMILES string of the molecule is Cc1ccc(CN2CCC(c3cc(F)c4c(c3)CC(C(=O)N3CCN(Cc5ccc(C(F)(F)F)cc5)CC3)=N4)CC2)cn1. The number of aliphatic imine (C=N–C) groups is 1. The molecule has 0 spiro atoms. The third-order valence-electron chi connectivity index (χ3n) is 8.80. The van der Waals surface area contributed by atoms with Gasteiger partial charge in [0.1, 0.15) is 17.2 Å². The van der Waals surface area contributed by atoms with Crippen molar-refractivity contribution >= 4 is 17.3 Å². The molecule has 3 aliphatic heterocycles. The van der Waals surface area contributed by atoms with E-state index in [1.54, 1.807) is 11.0 Å². The normalized spacial score (nSPS) is 18.5. The molecule has 2 fully saturated rings. The summed E-state index contributed by atoms with van der Waals surface area (Å²) in [6.07, 6.45) is -0.207. The number of piperidine rings is 1. The number of likely N-dealkylation sites (tertiary alicyclic amines) is 1. The summed E-state index contributed by atoms with van der Waals surface area (Å²) in [5, 5.41) is 0. The van der Waals surface area contributed by atoms with Gasteiger partial charge in [0, 0.05) is 57.6 Å². The number of benzene rings is 2. The lowest BCUT2D eigenvalue weighted by molar-refractivity contribution is -0.137. The average Bonchev–Trinajstić information content (AvgIpc) is 3.44. The number of aromatic nitrogens is 1. The van der Waals surface area contributed by atoms with Crippen LogP contribution in [0.3, 0.4) is 0 Å². The van der Waals surface area contributed by atoms with Crippen LogP contribution in [0.15, 0.2) is 59.7 Å². The molecule has 43 heavy (non-hydrogen) atoms. The van der Waals surface area contributed by atoms with Crippen molar-refractivity contribution in [1.29, 1.82) is 0 Å². The molecule has 1 aromatic heterocycles. The molecule has 0 N–H and O–H groups in total. The predicted molar refractivity (Wildman–Crippen MR) is 157 cm³/mol. The number of amides is 1. The molecule has 6 rings (SSSR count). The minimum atomic E-state index is -4.35. The Morgan fingerprint density at radius 2 is 1.53 bits per heavy atom. The molecular formula is C33H35F4N5O. The van der Waals surface area contributed by atoms with E-state index in [1.807, 2.05) is 25.3 Å². The smallest absolute Gasteiger partial charge is 0.335 e. The Morgan fingerprint density at radius 3 is 2.19 bits per heavy atom. The summed E-state index contributed by atoms with van der Waals surface area (Å²) in [4.78, 5) is 28.4. The molecule has 4 heterocycles. The maximum atomic E-state index is 15.2. The molecule has 226 valence electrons. The molecule has 0 atom stereocenters. The predicted octanol–water partition coefficient (Wildman–Crippen LogP) is 5.90. The van der Waals surface area contributed by atoms with E-state index in [0.29, 0.717) is 44.9 Å². The van der Waals surface area contributed by atoms with Gasteiger partial charge in [-0.3, -0.25) is 19.6 Å². The summed E-state index contributed by atoms with van der Waals surface area (Å²) in [7, 11) is 0. The summed E-state index contributed by atoms with van der Waals surface area (Å²) in [6.45, 7) is 7.40. The monoisotopic (exact) mass is 593 g/mol. The molecule has 2 aromatic carbocycles. The summed E-state index contributed by atoms with van der Waals surface area (Å²) < 4.78 is 53.7. The van der Waals surface area contributed by atoms with Crippen LogP contribution in [-0.2, 0) is 30.5 Å². The number of aryl methyl sites for hydroxylation is 1. The largest absolute Gasteiger partial charge is 0.416 e. The zero-order valence-electron chi connectivity index (χ0n) is 24.2. The fourth-order valence-electron chi connectivity index (χ4n) is 6.28. The minimum absolute atomic E-state index is 0.176. The van der Waals surface area contributed by atoms with Crippen LogP contribution < -0.4 is 0 Å². The molecular weight excluding hydrogens is 558 g/mol. The number of pyridine rings is 1. The zero-order chi connectivity index (χ0) is 30.1. The number of halogens is 4. The van der Waals surface area contributed by atoms with Gasteiger partial charge < -0.3 is 4.90 Å². The van der Waals surface area contributed by atoms with Crippen LogP contribution in [0.5, 0.6) is 0 Å². The first kappa shape index (κ1) is 29.4. The molecule has 2 saturated heterocycles. The van der Waals surface area contributed by atoms with E-state index in [4.69, 9.17) is 0 Å². The van der Waals surface area contributed by atoms with E-state index in [2.05, 4.69) is 25.8 Å². The van der Waals surface area contributed by atoms with Gasteiger partial charge in [0.05, 0.1) is 5.56 Å². The quantitative estimate of drug-likeness (QED) is 0.334. The lowest BCUT2D eigenvalue weighted by atomic mass is 9.87. The number of alkyl halides is 3. The number of piperazine rings is 1. The fraction of sp³-hybridized carbons (Fsp3) is 0.424. The number of fused-ring (bicyclic) bond motifs is 1. The Morgan fingerprint density at radius 1 is 0.884 bits per heavy atom. The second-order valence-corrected chi connectivity index (χ2v) is 11.9. The summed E-state index contributed by atoms with van der Waals surface area (Å²) in [6, 6.07) is 13.0. The highest BCUT2D eigenvalue weighted by molar-refractivity contribution is 6.40. The molecule has 6 nitrogen and oxygen atoms in total. The second-order valence-electron chi connectivity index (χ2n) is 11.9. The van der Waals surface area contributed by atoms with Gasteiger partial charge in [-0.2, -0.15) is 13.2 Å². The van der Waals surface area contributed by atoms with Crippen molar-refractivity contribution in [3.05, 3.63) is 94.1 Å². The summed E-state index contributed by atoms with van der Waals surface area (Å²) in [5.74, 6) is -0.278. The van der Waals surface area contributed by atoms with Crippen molar-refractivity contribution < 1.29 is 22.4 Å². The van der Waals surface area contributed by atoms with Crippen molar-refractivity contribution in [2.24, 2.45) is 4.99 Å². The van der Waals surface area contributed by atoms with Crippen LogP contribution in [-0.4, -0.2) is 70.6 Å². The number of rotatable bonds is 6. The van der Waals surface area contributed by atoms with E-state index in [0.717, 1.165) is 67.0 Å².